The van der Waals surface area contributed by atoms with E-state index in [2.05, 4.69) is 74.5 Å². The summed E-state index contributed by atoms with van der Waals surface area (Å²) in [5.41, 5.74) is 5.40. The first-order valence-electron chi connectivity index (χ1n) is 6.48. The van der Waals surface area contributed by atoms with Gasteiger partial charge in [0, 0.05) is 15.3 Å². The highest BCUT2D eigenvalue weighted by Gasteiger charge is 2.15. The molecule has 0 aliphatic carbocycles. The summed E-state index contributed by atoms with van der Waals surface area (Å²) in [6.45, 7) is 4.43. The van der Waals surface area contributed by atoms with Crippen LogP contribution >= 0.6 is 11.3 Å². The lowest BCUT2D eigenvalue weighted by atomic mass is 9.98. The van der Waals surface area contributed by atoms with E-state index in [-0.39, 0.29) is 0 Å². The Bertz CT molecular complexity index is 678. The van der Waals surface area contributed by atoms with E-state index >= 15 is 0 Å². The maximum absolute atomic E-state index is 2.22. The summed E-state index contributed by atoms with van der Waals surface area (Å²) >= 11 is 1.89. The second-order valence-corrected chi connectivity index (χ2v) is 5.94. The van der Waals surface area contributed by atoms with E-state index in [1.54, 1.807) is 0 Å². The zero-order valence-electron chi connectivity index (χ0n) is 11.2. The lowest BCUT2D eigenvalue weighted by molar-refractivity contribution is 1.43. The maximum atomic E-state index is 2.22. The lowest BCUT2D eigenvalue weighted by Gasteiger charge is -2.06. The zero-order valence-corrected chi connectivity index (χ0v) is 12.0. The topological polar surface area (TPSA) is 0 Å². The second-order valence-electron chi connectivity index (χ2n) is 4.72. The first-order chi connectivity index (χ1) is 9.27. The summed E-state index contributed by atoms with van der Waals surface area (Å²) in [7, 11) is 0. The molecule has 94 valence electrons. The molecule has 0 aliphatic heterocycles. The Labute approximate surface area is 118 Å². The van der Waals surface area contributed by atoms with E-state index in [0.717, 1.165) is 0 Å². The SMILES string of the molecule is Cc1sc(-c2ccccc2)c(-c2ccccc2)c1C. The van der Waals surface area contributed by atoms with Crippen LogP contribution in [0, 0.1) is 13.8 Å². The normalized spacial score (nSPS) is 10.6. The lowest BCUT2D eigenvalue weighted by Crippen LogP contribution is -1.82. The van der Waals surface area contributed by atoms with Crippen molar-refractivity contribution in [2.24, 2.45) is 0 Å². The summed E-state index contributed by atoms with van der Waals surface area (Å²) in [6, 6.07) is 21.3. The summed E-state index contributed by atoms with van der Waals surface area (Å²) in [6.07, 6.45) is 0. The molecular formula is C18H16S. The van der Waals surface area contributed by atoms with Crippen molar-refractivity contribution < 1.29 is 0 Å². The van der Waals surface area contributed by atoms with Gasteiger partial charge in [-0.1, -0.05) is 60.7 Å². The number of thiophene rings is 1. The smallest absolute Gasteiger partial charge is 0.0426 e. The monoisotopic (exact) mass is 264 g/mol. The van der Waals surface area contributed by atoms with E-state index in [0.29, 0.717) is 0 Å². The summed E-state index contributed by atoms with van der Waals surface area (Å²) in [5.74, 6) is 0. The Balaban J connectivity index is 2.25. The van der Waals surface area contributed by atoms with Gasteiger partial charge in [-0.3, -0.25) is 0 Å². The minimum absolute atomic E-state index is 1.31. The van der Waals surface area contributed by atoms with Gasteiger partial charge >= 0.3 is 0 Å². The molecule has 0 radical (unpaired) electrons. The Morgan fingerprint density at radius 2 is 1.21 bits per heavy atom. The third-order valence-corrected chi connectivity index (χ3v) is 4.74. The van der Waals surface area contributed by atoms with Crippen molar-refractivity contribution in [3.63, 3.8) is 0 Å². The molecule has 3 aromatic rings. The minimum atomic E-state index is 1.31. The van der Waals surface area contributed by atoms with Gasteiger partial charge in [0.05, 0.1) is 0 Å². The molecule has 1 heterocycles. The van der Waals surface area contributed by atoms with Crippen molar-refractivity contribution in [2.75, 3.05) is 0 Å². The Morgan fingerprint density at radius 3 is 1.79 bits per heavy atom. The standard InChI is InChI=1S/C18H16S/c1-13-14(2)19-18(16-11-7-4-8-12-16)17(13)15-9-5-3-6-10-15/h3-12H,1-2H3. The van der Waals surface area contributed by atoms with Crippen LogP contribution in [0.15, 0.2) is 60.7 Å². The average Bonchev–Trinajstić information content (AvgIpc) is 2.77. The molecule has 0 saturated carbocycles. The van der Waals surface area contributed by atoms with Crippen molar-refractivity contribution in [2.45, 2.75) is 13.8 Å². The van der Waals surface area contributed by atoms with Gasteiger partial charge in [-0.2, -0.15) is 0 Å². The van der Waals surface area contributed by atoms with E-state index in [1.807, 2.05) is 11.3 Å². The van der Waals surface area contributed by atoms with E-state index in [1.165, 1.54) is 32.0 Å². The molecule has 0 unspecified atom stereocenters. The van der Waals surface area contributed by atoms with Crippen LogP contribution in [0.4, 0.5) is 0 Å². The molecule has 0 fully saturated rings. The van der Waals surface area contributed by atoms with Crippen molar-refractivity contribution >= 4 is 11.3 Å². The molecule has 19 heavy (non-hydrogen) atoms. The highest BCUT2D eigenvalue weighted by atomic mass is 32.1. The molecule has 1 heteroatoms. The third-order valence-electron chi connectivity index (χ3n) is 3.48. The molecule has 0 saturated heterocycles. The van der Waals surface area contributed by atoms with Crippen LogP contribution in [0.1, 0.15) is 10.4 Å². The van der Waals surface area contributed by atoms with Gasteiger partial charge in [-0.05, 0) is 30.5 Å². The van der Waals surface area contributed by atoms with Crippen LogP contribution < -0.4 is 0 Å². The molecule has 1 aromatic heterocycles. The summed E-state index contributed by atoms with van der Waals surface area (Å²) in [4.78, 5) is 2.78. The number of rotatable bonds is 2. The van der Waals surface area contributed by atoms with Crippen LogP contribution in [-0.4, -0.2) is 0 Å². The molecule has 2 aromatic carbocycles. The largest absolute Gasteiger partial charge is 0.140 e. The molecule has 0 spiro atoms. The number of hydrogen-bond donors (Lipinski definition) is 0. The molecule has 0 aliphatic rings. The van der Waals surface area contributed by atoms with Crippen LogP contribution in [0.3, 0.4) is 0 Å². The summed E-state index contributed by atoms with van der Waals surface area (Å²) in [5, 5.41) is 0. The maximum Gasteiger partial charge on any atom is 0.0426 e. The number of hydrogen-bond acceptors (Lipinski definition) is 1. The van der Waals surface area contributed by atoms with E-state index in [9.17, 15) is 0 Å². The number of benzene rings is 2. The first kappa shape index (κ1) is 12.2. The van der Waals surface area contributed by atoms with Crippen molar-refractivity contribution in [3.8, 4) is 21.6 Å². The van der Waals surface area contributed by atoms with E-state index in [4.69, 9.17) is 0 Å². The van der Waals surface area contributed by atoms with Crippen molar-refractivity contribution in [1.29, 1.82) is 0 Å². The van der Waals surface area contributed by atoms with Gasteiger partial charge in [0.1, 0.15) is 0 Å². The van der Waals surface area contributed by atoms with Gasteiger partial charge in [0.25, 0.3) is 0 Å². The second kappa shape index (κ2) is 5.02. The highest BCUT2D eigenvalue weighted by Crippen LogP contribution is 2.42. The quantitative estimate of drug-likeness (QED) is 0.557. The van der Waals surface area contributed by atoms with Crippen molar-refractivity contribution in [3.05, 3.63) is 71.1 Å². The molecule has 0 atom stereocenters. The Hall–Kier alpha value is -1.86. The molecule has 0 N–H and O–H groups in total. The van der Waals surface area contributed by atoms with E-state index < -0.39 is 0 Å². The molecule has 0 bridgehead atoms. The van der Waals surface area contributed by atoms with Gasteiger partial charge in [0.2, 0.25) is 0 Å². The van der Waals surface area contributed by atoms with Gasteiger partial charge in [0.15, 0.2) is 0 Å². The fourth-order valence-electron chi connectivity index (χ4n) is 2.37. The van der Waals surface area contributed by atoms with Crippen LogP contribution in [0.25, 0.3) is 21.6 Å². The average molecular weight is 264 g/mol. The van der Waals surface area contributed by atoms with Crippen LogP contribution in [0.2, 0.25) is 0 Å². The van der Waals surface area contributed by atoms with Gasteiger partial charge in [-0.25, -0.2) is 0 Å². The third kappa shape index (κ3) is 2.22. The van der Waals surface area contributed by atoms with Crippen molar-refractivity contribution in [1.82, 2.24) is 0 Å². The fourth-order valence-corrected chi connectivity index (χ4v) is 3.56. The highest BCUT2D eigenvalue weighted by molar-refractivity contribution is 7.16. The molecular weight excluding hydrogens is 248 g/mol. The van der Waals surface area contributed by atoms with Crippen LogP contribution in [0.5, 0.6) is 0 Å². The Kier molecular flexibility index (Phi) is 3.22. The minimum Gasteiger partial charge on any atom is -0.140 e. The fraction of sp³-hybridized carbons (Fsp3) is 0.111. The summed E-state index contributed by atoms with van der Waals surface area (Å²) < 4.78 is 0. The predicted molar refractivity (Wildman–Crippen MR) is 84.7 cm³/mol. The first-order valence-corrected chi connectivity index (χ1v) is 7.30. The van der Waals surface area contributed by atoms with Gasteiger partial charge < -0.3 is 0 Å². The van der Waals surface area contributed by atoms with Gasteiger partial charge in [-0.15, -0.1) is 11.3 Å². The molecule has 3 rings (SSSR count). The predicted octanol–water partition coefficient (Wildman–Crippen LogP) is 5.70. The Morgan fingerprint density at radius 1 is 0.684 bits per heavy atom. The zero-order chi connectivity index (χ0) is 13.2. The number of aryl methyl sites for hydroxylation is 1. The molecule has 0 nitrogen and oxygen atoms in total. The van der Waals surface area contributed by atoms with Crippen LogP contribution in [-0.2, 0) is 0 Å². The molecule has 0 amide bonds.